The molecule has 3 rings (SSSR count). The first kappa shape index (κ1) is 19.0. The molecule has 27 heavy (non-hydrogen) atoms. The molecule has 1 fully saturated rings. The van der Waals surface area contributed by atoms with Gasteiger partial charge < -0.3 is 19.5 Å². The summed E-state index contributed by atoms with van der Waals surface area (Å²) in [5, 5.41) is 5.06. The molecule has 1 saturated carbocycles. The van der Waals surface area contributed by atoms with E-state index in [4.69, 9.17) is 25.8 Å². The van der Waals surface area contributed by atoms with Gasteiger partial charge in [-0.1, -0.05) is 11.6 Å². The lowest BCUT2D eigenvalue weighted by molar-refractivity contribution is -0.143. The molecule has 0 bridgehead atoms. The van der Waals surface area contributed by atoms with E-state index in [9.17, 15) is 14.4 Å². The zero-order valence-electron chi connectivity index (χ0n) is 14.5. The summed E-state index contributed by atoms with van der Waals surface area (Å²) in [5.41, 5.74) is 0.620. The Bertz CT molecular complexity index is 775. The van der Waals surface area contributed by atoms with Crippen molar-refractivity contribution in [3.8, 4) is 11.5 Å². The molecule has 1 aliphatic heterocycles. The summed E-state index contributed by atoms with van der Waals surface area (Å²) in [5.74, 6) is -0.436. The van der Waals surface area contributed by atoms with Gasteiger partial charge in [0, 0.05) is 18.5 Å². The number of amides is 3. The van der Waals surface area contributed by atoms with Gasteiger partial charge in [0.25, 0.3) is 5.91 Å². The van der Waals surface area contributed by atoms with Crippen molar-refractivity contribution in [2.45, 2.75) is 25.3 Å². The Kier molecular flexibility index (Phi) is 6.18. The summed E-state index contributed by atoms with van der Waals surface area (Å²) in [6.07, 6.45) is 5.22. The molecule has 1 heterocycles. The molecule has 2 N–H and O–H groups in total. The smallest absolute Gasteiger partial charge is 0.331 e. The Balaban J connectivity index is 1.49. The number of urea groups is 1. The third-order valence-corrected chi connectivity index (χ3v) is 4.03. The number of nitrogens with one attached hydrogen (secondary N) is 2. The molecule has 1 aromatic carbocycles. The lowest BCUT2D eigenvalue weighted by atomic mass is 10.2. The van der Waals surface area contributed by atoms with Gasteiger partial charge in [0.05, 0.1) is 18.2 Å². The van der Waals surface area contributed by atoms with Crippen LogP contribution in [0, 0.1) is 0 Å². The highest BCUT2D eigenvalue weighted by Crippen LogP contribution is 2.38. The predicted octanol–water partition coefficient (Wildman–Crippen LogP) is 2.05. The largest absolute Gasteiger partial charge is 0.489 e. The van der Waals surface area contributed by atoms with Crippen LogP contribution < -0.4 is 20.1 Å². The fourth-order valence-electron chi connectivity index (χ4n) is 2.31. The minimum Gasteiger partial charge on any atom is -0.489 e. The molecule has 3 amide bonds. The summed E-state index contributed by atoms with van der Waals surface area (Å²) >= 11 is 6.18. The van der Waals surface area contributed by atoms with E-state index in [-0.39, 0.29) is 6.04 Å². The lowest BCUT2D eigenvalue weighted by Crippen LogP contribution is -2.42. The van der Waals surface area contributed by atoms with Crippen LogP contribution in [0.4, 0.5) is 4.79 Å². The normalized spacial score (nSPS) is 15.7. The number of benzene rings is 1. The predicted molar refractivity (Wildman–Crippen MR) is 96.7 cm³/mol. The van der Waals surface area contributed by atoms with Crippen LogP contribution in [-0.4, -0.2) is 43.8 Å². The van der Waals surface area contributed by atoms with Crippen molar-refractivity contribution in [1.29, 1.82) is 0 Å². The third kappa shape index (κ3) is 5.89. The number of rotatable bonds is 5. The van der Waals surface area contributed by atoms with Crippen LogP contribution in [0.15, 0.2) is 18.2 Å². The van der Waals surface area contributed by atoms with Crippen molar-refractivity contribution in [3.05, 3.63) is 28.8 Å². The Morgan fingerprint density at radius 1 is 1.22 bits per heavy atom. The van der Waals surface area contributed by atoms with Crippen LogP contribution in [-0.2, 0) is 14.3 Å². The first-order valence-electron chi connectivity index (χ1n) is 8.55. The molecule has 0 unspecified atom stereocenters. The van der Waals surface area contributed by atoms with Crippen molar-refractivity contribution in [2.75, 3.05) is 19.8 Å². The van der Waals surface area contributed by atoms with Gasteiger partial charge in [-0.05, 0) is 36.6 Å². The standard InChI is InChI=1S/C18H19ClN2O6/c19-13-8-11(9-14-17(13)26-7-1-6-25-14)2-5-16(23)27-10-15(22)21-18(24)20-12-3-4-12/h2,5,8-9,12H,1,3-4,6-7,10H2,(H2,20,21,22,24)/b5-2+. The van der Waals surface area contributed by atoms with Crippen LogP contribution in [0.25, 0.3) is 6.08 Å². The Morgan fingerprint density at radius 3 is 2.78 bits per heavy atom. The van der Waals surface area contributed by atoms with Gasteiger partial charge in [0.2, 0.25) is 0 Å². The van der Waals surface area contributed by atoms with Crippen molar-refractivity contribution in [1.82, 2.24) is 10.6 Å². The summed E-state index contributed by atoms with van der Waals surface area (Å²) in [7, 11) is 0. The number of imide groups is 1. The van der Waals surface area contributed by atoms with E-state index < -0.39 is 24.5 Å². The quantitative estimate of drug-likeness (QED) is 0.585. The molecule has 8 nitrogen and oxygen atoms in total. The monoisotopic (exact) mass is 394 g/mol. The summed E-state index contributed by atoms with van der Waals surface area (Å²) < 4.78 is 15.9. The van der Waals surface area contributed by atoms with Gasteiger partial charge in [-0.25, -0.2) is 9.59 Å². The fraction of sp³-hybridized carbons (Fsp3) is 0.389. The highest BCUT2D eigenvalue weighted by atomic mass is 35.5. The average Bonchev–Trinajstić information content (AvgIpc) is 3.44. The lowest BCUT2D eigenvalue weighted by Gasteiger charge is -2.10. The van der Waals surface area contributed by atoms with Crippen LogP contribution in [0.5, 0.6) is 11.5 Å². The minimum absolute atomic E-state index is 0.130. The van der Waals surface area contributed by atoms with Gasteiger partial charge in [-0.15, -0.1) is 0 Å². The van der Waals surface area contributed by atoms with E-state index in [0.29, 0.717) is 35.3 Å². The van der Waals surface area contributed by atoms with E-state index in [1.165, 1.54) is 6.08 Å². The van der Waals surface area contributed by atoms with Crippen LogP contribution in [0.2, 0.25) is 5.02 Å². The maximum absolute atomic E-state index is 11.7. The molecule has 0 saturated heterocycles. The first-order valence-corrected chi connectivity index (χ1v) is 8.93. The summed E-state index contributed by atoms with van der Waals surface area (Å²) in [4.78, 5) is 34.7. The average molecular weight is 395 g/mol. The highest BCUT2D eigenvalue weighted by Gasteiger charge is 2.24. The zero-order chi connectivity index (χ0) is 19.2. The summed E-state index contributed by atoms with van der Waals surface area (Å²) in [6.45, 7) is 0.486. The molecular formula is C18H19ClN2O6. The number of fused-ring (bicyclic) bond motifs is 1. The fourth-order valence-corrected chi connectivity index (χ4v) is 2.58. The molecule has 0 aromatic heterocycles. The molecule has 0 spiro atoms. The van der Waals surface area contributed by atoms with E-state index >= 15 is 0 Å². The van der Waals surface area contributed by atoms with Crippen molar-refractivity contribution >= 4 is 35.6 Å². The topological polar surface area (TPSA) is 103 Å². The second-order valence-electron chi connectivity index (χ2n) is 6.12. The van der Waals surface area contributed by atoms with Gasteiger partial charge in [-0.3, -0.25) is 10.1 Å². The van der Waals surface area contributed by atoms with E-state index in [2.05, 4.69) is 10.6 Å². The first-order chi connectivity index (χ1) is 13.0. The van der Waals surface area contributed by atoms with Gasteiger partial charge in [0.15, 0.2) is 18.1 Å². The van der Waals surface area contributed by atoms with Crippen molar-refractivity contribution in [3.63, 3.8) is 0 Å². The second kappa shape index (κ2) is 8.77. The van der Waals surface area contributed by atoms with Crippen molar-refractivity contribution < 1.29 is 28.6 Å². The maximum atomic E-state index is 11.7. The van der Waals surface area contributed by atoms with Gasteiger partial charge >= 0.3 is 12.0 Å². The minimum atomic E-state index is -0.726. The highest BCUT2D eigenvalue weighted by molar-refractivity contribution is 6.32. The number of carbonyl (C=O) groups is 3. The number of ether oxygens (including phenoxy) is 3. The summed E-state index contributed by atoms with van der Waals surface area (Å²) in [6, 6.07) is 2.88. The Morgan fingerprint density at radius 2 is 2.00 bits per heavy atom. The SMILES string of the molecule is O=C(COC(=O)/C=C/c1cc(Cl)c2c(c1)OCCCO2)NC(=O)NC1CC1. The third-order valence-electron chi connectivity index (χ3n) is 3.75. The van der Waals surface area contributed by atoms with Gasteiger partial charge in [0.1, 0.15) is 0 Å². The van der Waals surface area contributed by atoms with E-state index in [1.807, 2.05) is 0 Å². The molecule has 144 valence electrons. The number of hydrogen-bond acceptors (Lipinski definition) is 6. The van der Waals surface area contributed by atoms with Crippen LogP contribution in [0.3, 0.4) is 0 Å². The molecule has 1 aliphatic carbocycles. The molecule has 9 heteroatoms. The maximum Gasteiger partial charge on any atom is 0.331 e. The number of esters is 1. The molecule has 0 radical (unpaired) electrons. The van der Waals surface area contributed by atoms with E-state index in [1.54, 1.807) is 12.1 Å². The van der Waals surface area contributed by atoms with Gasteiger partial charge in [-0.2, -0.15) is 0 Å². The number of carbonyl (C=O) groups excluding carboxylic acids is 3. The Labute approximate surface area is 160 Å². The van der Waals surface area contributed by atoms with Crippen LogP contribution in [0.1, 0.15) is 24.8 Å². The van der Waals surface area contributed by atoms with Crippen molar-refractivity contribution in [2.24, 2.45) is 0 Å². The molecular weight excluding hydrogens is 376 g/mol. The number of hydrogen-bond donors (Lipinski definition) is 2. The molecule has 2 aliphatic rings. The van der Waals surface area contributed by atoms with Crippen LogP contribution >= 0.6 is 11.6 Å². The van der Waals surface area contributed by atoms with E-state index in [0.717, 1.165) is 25.3 Å². The molecule has 0 atom stereocenters. The zero-order valence-corrected chi connectivity index (χ0v) is 15.2. The Hall–Kier alpha value is -2.74. The second-order valence-corrected chi connectivity index (χ2v) is 6.52. The number of halogens is 1. The molecule has 1 aromatic rings.